The van der Waals surface area contributed by atoms with Crippen molar-refractivity contribution in [3.8, 4) is 6.19 Å². The molecule has 0 aromatic heterocycles. The van der Waals surface area contributed by atoms with E-state index in [0.717, 1.165) is 0 Å². The Morgan fingerprint density at radius 1 is 2.00 bits per heavy atom. The standard InChI is InChI=1S/C3H5N3O2/c4-1-6-2(5)3(7)8/h2,6H,5H2,(H,7,8). The summed E-state index contributed by atoms with van der Waals surface area (Å²) in [6.45, 7) is 0. The predicted molar refractivity (Wildman–Crippen MR) is 24.4 cm³/mol. The Morgan fingerprint density at radius 3 is 2.62 bits per heavy atom. The zero-order chi connectivity index (χ0) is 6.57. The third-order valence-corrected chi connectivity index (χ3v) is 0.486. The summed E-state index contributed by atoms with van der Waals surface area (Å²) in [5.41, 5.74) is 4.79. The SMILES string of the molecule is N#CNC(N)C(=O)O. The fourth-order valence-electron chi connectivity index (χ4n) is 0.131. The zero-order valence-electron chi connectivity index (χ0n) is 3.96. The maximum absolute atomic E-state index is 9.75. The van der Waals surface area contributed by atoms with Gasteiger partial charge in [0.2, 0.25) is 0 Å². The zero-order valence-corrected chi connectivity index (χ0v) is 3.96. The van der Waals surface area contributed by atoms with Crippen molar-refractivity contribution in [2.45, 2.75) is 6.17 Å². The maximum atomic E-state index is 9.75. The van der Waals surface area contributed by atoms with Crippen molar-refractivity contribution in [2.24, 2.45) is 5.73 Å². The Labute approximate surface area is 45.7 Å². The predicted octanol–water partition coefficient (Wildman–Crippen LogP) is -1.57. The van der Waals surface area contributed by atoms with E-state index in [4.69, 9.17) is 16.1 Å². The van der Waals surface area contributed by atoms with Crippen LogP contribution in [0.15, 0.2) is 0 Å². The fourth-order valence-corrected chi connectivity index (χ4v) is 0.131. The van der Waals surface area contributed by atoms with Crippen molar-refractivity contribution in [1.29, 1.82) is 5.26 Å². The number of carboxylic acid groups (broad SMARTS) is 1. The molecule has 44 valence electrons. The van der Waals surface area contributed by atoms with E-state index in [2.05, 4.69) is 0 Å². The number of nitrogens with two attached hydrogens (primary N) is 1. The molecule has 1 unspecified atom stereocenters. The van der Waals surface area contributed by atoms with Gasteiger partial charge in [-0.3, -0.25) is 5.32 Å². The quantitative estimate of drug-likeness (QED) is 0.229. The van der Waals surface area contributed by atoms with Gasteiger partial charge in [-0.2, -0.15) is 5.26 Å². The van der Waals surface area contributed by atoms with Gasteiger partial charge in [0, 0.05) is 0 Å². The minimum Gasteiger partial charge on any atom is -0.479 e. The summed E-state index contributed by atoms with van der Waals surface area (Å²) in [4.78, 5) is 9.75. The van der Waals surface area contributed by atoms with Crippen molar-refractivity contribution in [3.05, 3.63) is 0 Å². The highest BCUT2D eigenvalue weighted by atomic mass is 16.4. The lowest BCUT2D eigenvalue weighted by Gasteiger charge is -1.98. The number of hydrogen-bond donors (Lipinski definition) is 3. The molecule has 0 aliphatic carbocycles. The van der Waals surface area contributed by atoms with Crippen LogP contribution in [0.25, 0.3) is 0 Å². The van der Waals surface area contributed by atoms with Crippen LogP contribution >= 0.6 is 0 Å². The summed E-state index contributed by atoms with van der Waals surface area (Å²) in [6, 6.07) is 0. The second-order valence-electron chi connectivity index (χ2n) is 1.07. The third kappa shape index (κ3) is 2.00. The van der Waals surface area contributed by atoms with Gasteiger partial charge in [-0.15, -0.1) is 0 Å². The van der Waals surface area contributed by atoms with Gasteiger partial charge in [-0.25, -0.2) is 4.79 Å². The van der Waals surface area contributed by atoms with E-state index in [1.807, 2.05) is 5.32 Å². The van der Waals surface area contributed by atoms with Crippen molar-refractivity contribution >= 4 is 5.97 Å². The first kappa shape index (κ1) is 6.72. The van der Waals surface area contributed by atoms with Crippen LogP contribution in [0.3, 0.4) is 0 Å². The molecule has 0 saturated heterocycles. The molecule has 0 spiro atoms. The van der Waals surface area contributed by atoms with Crippen LogP contribution in [0.1, 0.15) is 0 Å². The first-order valence-corrected chi connectivity index (χ1v) is 1.81. The monoisotopic (exact) mass is 115 g/mol. The number of carboxylic acids is 1. The molecule has 8 heavy (non-hydrogen) atoms. The number of nitrogens with zero attached hydrogens (tertiary/aromatic N) is 1. The van der Waals surface area contributed by atoms with E-state index in [1.54, 1.807) is 0 Å². The van der Waals surface area contributed by atoms with Crippen molar-refractivity contribution in [2.75, 3.05) is 0 Å². The van der Waals surface area contributed by atoms with E-state index in [0.29, 0.717) is 0 Å². The average molecular weight is 115 g/mol. The van der Waals surface area contributed by atoms with Gasteiger partial charge in [0.25, 0.3) is 0 Å². The molecule has 0 fully saturated rings. The van der Waals surface area contributed by atoms with Gasteiger partial charge in [0.1, 0.15) is 0 Å². The molecule has 0 aliphatic heterocycles. The van der Waals surface area contributed by atoms with E-state index >= 15 is 0 Å². The summed E-state index contributed by atoms with van der Waals surface area (Å²) in [5, 5.41) is 17.6. The minimum atomic E-state index is -1.28. The van der Waals surface area contributed by atoms with E-state index in [9.17, 15) is 4.79 Å². The lowest BCUT2D eigenvalue weighted by atomic mass is 10.5. The van der Waals surface area contributed by atoms with Gasteiger partial charge in [0.15, 0.2) is 12.4 Å². The molecule has 0 radical (unpaired) electrons. The summed E-state index contributed by atoms with van der Waals surface area (Å²) in [7, 11) is 0. The molecule has 1 atom stereocenters. The highest BCUT2D eigenvalue weighted by Gasteiger charge is 2.07. The number of nitrogens with one attached hydrogen (secondary N) is 1. The number of carbonyl (C=O) groups is 1. The molecule has 0 amide bonds. The molecular formula is C3H5N3O2. The highest BCUT2D eigenvalue weighted by molar-refractivity contribution is 5.72. The maximum Gasteiger partial charge on any atom is 0.341 e. The molecular weight excluding hydrogens is 110 g/mol. The van der Waals surface area contributed by atoms with Gasteiger partial charge in [0.05, 0.1) is 0 Å². The second kappa shape index (κ2) is 2.82. The van der Waals surface area contributed by atoms with E-state index < -0.39 is 12.1 Å². The third-order valence-electron chi connectivity index (χ3n) is 0.486. The molecule has 5 nitrogen and oxygen atoms in total. The largest absolute Gasteiger partial charge is 0.479 e. The molecule has 0 saturated carbocycles. The van der Waals surface area contributed by atoms with Gasteiger partial charge >= 0.3 is 5.97 Å². The molecule has 0 rings (SSSR count). The Morgan fingerprint density at radius 2 is 2.50 bits per heavy atom. The van der Waals surface area contributed by atoms with Gasteiger partial charge < -0.3 is 10.8 Å². The van der Waals surface area contributed by atoms with E-state index in [-0.39, 0.29) is 0 Å². The number of aliphatic carboxylic acids is 1. The molecule has 4 N–H and O–H groups in total. The Bertz CT molecular complexity index is 127. The van der Waals surface area contributed by atoms with Crippen molar-refractivity contribution in [1.82, 2.24) is 5.32 Å². The van der Waals surface area contributed by atoms with Crippen LogP contribution in [0, 0.1) is 11.5 Å². The normalized spacial score (nSPS) is 11.5. The van der Waals surface area contributed by atoms with Crippen LogP contribution in [0.2, 0.25) is 0 Å². The lowest BCUT2D eigenvalue weighted by Crippen LogP contribution is -2.41. The highest BCUT2D eigenvalue weighted by Crippen LogP contribution is 1.65. The summed E-state index contributed by atoms with van der Waals surface area (Å²) < 4.78 is 0. The minimum absolute atomic E-state index is 1.24. The van der Waals surface area contributed by atoms with Crippen molar-refractivity contribution in [3.63, 3.8) is 0 Å². The number of hydrogen-bond acceptors (Lipinski definition) is 4. The van der Waals surface area contributed by atoms with Crippen LogP contribution in [-0.2, 0) is 4.79 Å². The average Bonchev–Trinajstić information content (AvgIpc) is 1.67. The first-order valence-electron chi connectivity index (χ1n) is 1.81. The molecule has 0 aromatic rings. The molecule has 0 heterocycles. The van der Waals surface area contributed by atoms with Gasteiger partial charge in [-0.05, 0) is 0 Å². The van der Waals surface area contributed by atoms with Crippen LogP contribution in [-0.4, -0.2) is 17.2 Å². The summed E-state index contributed by atoms with van der Waals surface area (Å²) in [6.07, 6.45) is 0.115. The smallest absolute Gasteiger partial charge is 0.341 e. The van der Waals surface area contributed by atoms with Crippen molar-refractivity contribution < 1.29 is 9.90 Å². The van der Waals surface area contributed by atoms with Gasteiger partial charge in [-0.1, -0.05) is 0 Å². The summed E-state index contributed by atoms with van der Waals surface area (Å²) in [5.74, 6) is -1.24. The summed E-state index contributed by atoms with van der Waals surface area (Å²) >= 11 is 0. The Hall–Kier alpha value is -1.28. The van der Waals surface area contributed by atoms with Crippen LogP contribution in [0.4, 0.5) is 0 Å². The topological polar surface area (TPSA) is 99.1 Å². The number of rotatable bonds is 2. The molecule has 0 aromatic carbocycles. The lowest BCUT2D eigenvalue weighted by molar-refractivity contribution is -0.138. The molecule has 0 bridgehead atoms. The molecule has 0 aliphatic rings. The second-order valence-corrected chi connectivity index (χ2v) is 1.07. The Kier molecular flexibility index (Phi) is 2.37. The Balaban J connectivity index is 3.52. The fraction of sp³-hybridized carbons (Fsp3) is 0.333. The molecule has 5 heteroatoms. The van der Waals surface area contributed by atoms with E-state index in [1.165, 1.54) is 6.19 Å². The number of nitriles is 1. The van der Waals surface area contributed by atoms with Crippen LogP contribution in [0.5, 0.6) is 0 Å². The first-order chi connectivity index (χ1) is 3.68. The van der Waals surface area contributed by atoms with Crippen LogP contribution < -0.4 is 11.1 Å².